The molecule has 0 unspecified atom stereocenters. The van der Waals surface area contributed by atoms with Crippen LogP contribution in [-0.2, 0) is 21.6 Å². The maximum absolute atomic E-state index is 13.0. The minimum atomic E-state index is -4.36. The zero-order valence-electron chi connectivity index (χ0n) is 16.5. The first kappa shape index (κ1) is 26.0. The SMILES string of the molecule is CCS(=O)(=O)NCCNC(=NC)NCC1(c2cccc(C(F)(F)F)c2)CCC1.I. The van der Waals surface area contributed by atoms with Crippen molar-refractivity contribution in [1.82, 2.24) is 15.4 Å². The first-order valence-corrected chi connectivity index (χ1v) is 10.9. The van der Waals surface area contributed by atoms with Gasteiger partial charge in [0.1, 0.15) is 0 Å². The molecule has 1 aromatic rings. The van der Waals surface area contributed by atoms with Crippen molar-refractivity contribution in [3.05, 3.63) is 35.4 Å². The molecule has 1 saturated carbocycles. The number of hydrogen-bond donors (Lipinski definition) is 3. The van der Waals surface area contributed by atoms with Crippen LogP contribution in [0.5, 0.6) is 0 Å². The Balaban J connectivity index is 0.00000420. The summed E-state index contributed by atoms with van der Waals surface area (Å²) in [6.45, 7) is 2.57. The van der Waals surface area contributed by atoms with Crippen LogP contribution < -0.4 is 15.4 Å². The van der Waals surface area contributed by atoms with Crippen molar-refractivity contribution in [1.29, 1.82) is 0 Å². The van der Waals surface area contributed by atoms with E-state index in [4.69, 9.17) is 0 Å². The summed E-state index contributed by atoms with van der Waals surface area (Å²) in [4.78, 5) is 4.09. The van der Waals surface area contributed by atoms with Gasteiger partial charge in [0, 0.05) is 32.1 Å². The van der Waals surface area contributed by atoms with E-state index in [-0.39, 0.29) is 41.7 Å². The van der Waals surface area contributed by atoms with Crippen molar-refractivity contribution in [2.75, 3.05) is 32.4 Å². The highest BCUT2D eigenvalue weighted by molar-refractivity contribution is 14.0. The maximum atomic E-state index is 13.0. The van der Waals surface area contributed by atoms with Gasteiger partial charge in [-0.15, -0.1) is 24.0 Å². The summed E-state index contributed by atoms with van der Waals surface area (Å²) in [5.41, 5.74) is -0.322. The van der Waals surface area contributed by atoms with Crippen molar-refractivity contribution in [3.63, 3.8) is 0 Å². The number of sulfonamides is 1. The number of guanidine groups is 1. The molecule has 1 aliphatic carbocycles. The summed E-state index contributed by atoms with van der Waals surface area (Å²) in [5, 5.41) is 6.17. The van der Waals surface area contributed by atoms with Gasteiger partial charge in [0.2, 0.25) is 10.0 Å². The largest absolute Gasteiger partial charge is 0.416 e. The normalized spacial score (nSPS) is 16.5. The molecule has 0 heterocycles. The van der Waals surface area contributed by atoms with Crippen LogP contribution >= 0.6 is 24.0 Å². The van der Waals surface area contributed by atoms with Gasteiger partial charge in [0.25, 0.3) is 0 Å². The Morgan fingerprint density at radius 3 is 2.41 bits per heavy atom. The predicted molar refractivity (Wildman–Crippen MR) is 119 cm³/mol. The monoisotopic (exact) mass is 548 g/mol. The van der Waals surface area contributed by atoms with Crippen LogP contribution in [0.15, 0.2) is 29.3 Å². The van der Waals surface area contributed by atoms with E-state index in [1.807, 2.05) is 0 Å². The molecule has 11 heteroatoms. The lowest BCUT2D eigenvalue weighted by molar-refractivity contribution is -0.137. The molecule has 0 aromatic heterocycles. The van der Waals surface area contributed by atoms with Gasteiger partial charge in [-0.25, -0.2) is 13.1 Å². The molecule has 0 bridgehead atoms. The fourth-order valence-electron chi connectivity index (χ4n) is 3.16. The Kier molecular flexibility index (Phi) is 9.67. The molecule has 1 aliphatic rings. The first-order chi connectivity index (χ1) is 13.1. The van der Waals surface area contributed by atoms with Crippen LogP contribution in [0.4, 0.5) is 13.2 Å². The topological polar surface area (TPSA) is 82.6 Å². The highest BCUT2D eigenvalue weighted by Gasteiger charge is 2.40. The van der Waals surface area contributed by atoms with E-state index in [2.05, 4.69) is 20.3 Å². The molecule has 166 valence electrons. The molecule has 3 N–H and O–H groups in total. The minimum Gasteiger partial charge on any atom is -0.356 e. The summed E-state index contributed by atoms with van der Waals surface area (Å²) in [7, 11) is -1.66. The third-order valence-electron chi connectivity index (χ3n) is 5.05. The number of hydrogen-bond acceptors (Lipinski definition) is 3. The molecule has 0 aliphatic heterocycles. The lowest BCUT2D eigenvalue weighted by Gasteiger charge is -2.43. The van der Waals surface area contributed by atoms with Crippen LogP contribution in [0.25, 0.3) is 0 Å². The van der Waals surface area contributed by atoms with Gasteiger partial charge in [-0.2, -0.15) is 13.2 Å². The fourth-order valence-corrected chi connectivity index (χ4v) is 3.78. The molecule has 0 atom stereocenters. The second kappa shape index (κ2) is 10.8. The average Bonchev–Trinajstić information content (AvgIpc) is 2.62. The van der Waals surface area contributed by atoms with Crippen LogP contribution in [0.1, 0.15) is 37.3 Å². The number of benzene rings is 1. The zero-order valence-corrected chi connectivity index (χ0v) is 19.6. The molecule has 1 aromatic carbocycles. The average molecular weight is 548 g/mol. The van der Waals surface area contributed by atoms with Gasteiger partial charge in [0.15, 0.2) is 5.96 Å². The quantitative estimate of drug-likeness (QED) is 0.202. The molecule has 0 amide bonds. The summed E-state index contributed by atoms with van der Waals surface area (Å²) in [5.74, 6) is 0.494. The summed E-state index contributed by atoms with van der Waals surface area (Å²) in [6.07, 6.45) is -1.80. The van der Waals surface area contributed by atoms with E-state index in [1.165, 1.54) is 12.1 Å². The maximum Gasteiger partial charge on any atom is 0.416 e. The molecule has 0 radical (unpaired) electrons. The van der Waals surface area contributed by atoms with Gasteiger partial charge in [-0.05, 0) is 31.4 Å². The number of rotatable bonds is 8. The second-order valence-corrected chi connectivity index (χ2v) is 8.96. The van der Waals surface area contributed by atoms with Gasteiger partial charge in [0.05, 0.1) is 11.3 Å². The molecular weight excluding hydrogens is 520 g/mol. The lowest BCUT2D eigenvalue weighted by atomic mass is 9.64. The van der Waals surface area contributed by atoms with Crippen LogP contribution in [0.3, 0.4) is 0 Å². The van der Waals surface area contributed by atoms with Gasteiger partial charge < -0.3 is 10.6 Å². The smallest absolute Gasteiger partial charge is 0.356 e. The van der Waals surface area contributed by atoms with E-state index in [0.29, 0.717) is 24.6 Å². The van der Waals surface area contributed by atoms with E-state index in [0.717, 1.165) is 25.3 Å². The van der Waals surface area contributed by atoms with Crippen LogP contribution in [-0.4, -0.2) is 46.8 Å². The van der Waals surface area contributed by atoms with Crippen molar-refractivity contribution in [2.24, 2.45) is 4.99 Å². The van der Waals surface area contributed by atoms with Crippen molar-refractivity contribution < 1.29 is 21.6 Å². The lowest BCUT2D eigenvalue weighted by Crippen LogP contribution is -2.49. The number of alkyl halides is 3. The molecule has 0 saturated heterocycles. The third kappa shape index (κ3) is 7.28. The molecule has 0 spiro atoms. The van der Waals surface area contributed by atoms with Crippen molar-refractivity contribution in [3.8, 4) is 0 Å². The Hall–Kier alpha value is -1.08. The van der Waals surface area contributed by atoms with E-state index < -0.39 is 21.8 Å². The van der Waals surface area contributed by atoms with Crippen molar-refractivity contribution in [2.45, 2.75) is 37.8 Å². The molecule has 29 heavy (non-hydrogen) atoms. The Bertz CT molecular complexity index is 797. The zero-order chi connectivity index (χ0) is 20.8. The Labute approximate surface area is 187 Å². The predicted octanol–water partition coefficient (Wildman–Crippen LogP) is 2.85. The number of nitrogens with zero attached hydrogens (tertiary/aromatic N) is 1. The Morgan fingerprint density at radius 2 is 1.90 bits per heavy atom. The van der Waals surface area contributed by atoms with E-state index in [9.17, 15) is 21.6 Å². The third-order valence-corrected chi connectivity index (χ3v) is 6.45. The molecule has 2 rings (SSSR count). The molecular formula is C18H28F3IN4O2S. The summed E-state index contributed by atoms with van der Waals surface area (Å²) < 4.78 is 64.4. The standard InChI is InChI=1S/C18H27F3N4O2S.HI/c1-3-28(26,27)25-11-10-23-16(22-2)24-13-17(8-5-9-17)14-6-4-7-15(12-14)18(19,20)21;/h4,6-7,12,25H,3,5,8-11,13H2,1-2H3,(H2,22,23,24);1H. The van der Waals surface area contributed by atoms with E-state index >= 15 is 0 Å². The molecule has 1 fully saturated rings. The van der Waals surface area contributed by atoms with E-state index in [1.54, 1.807) is 20.0 Å². The Morgan fingerprint density at radius 1 is 1.21 bits per heavy atom. The van der Waals surface area contributed by atoms with Gasteiger partial charge >= 0.3 is 6.18 Å². The minimum absolute atomic E-state index is 0. The highest BCUT2D eigenvalue weighted by atomic mass is 127. The van der Waals surface area contributed by atoms with Crippen LogP contribution in [0, 0.1) is 0 Å². The van der Waals surface area contributed by atoms with Gasteiger partial charge in [-0.1, -0.05) is 24.6 Å². The summed E-state index contributed by atoms with van der Waals surface area (Å²) >= 11 is 0. The molecule has 6 nitrogen and oxygen atoms in total. The number of aliphatic imine (C=N–C) groups is 1. The number of halogens is 4. The fraction of sp³-hybridized carbons (Fsp3) is 0.611. The van der Waals surface area contributed by atoms with Crippen LogP contribution in [0.2, 0.25) is 0 Å². The van der Waals surface area contributed by atoms with Crippen molar-refractivity contribution >= 4 is 40.0 Å². The first-order valence-electron chi connectivity index (χ1n) is 9.21. The van der Waals surface area contributed by atoms with Gasteiger partial charge in [-0.3, -0.25) is 4.99 Å². The second-order valence-electron chi connectivity index (χ2n) is 6.86. The number of nitrogens with one attached hydrogen (secondary N) is 3. The highest BCUT2D eigenvalue weighted by Crippen LogP contribution is 2.44. The summed E-state index contributed by atoms with van der Waals surface area (Å²) in [6, 6.07) is 5.51.